The van der Waals surface area contributed by atoms with Gasteiger partial charge < -0.3 is 24.4 Å². The van der Waals surface area contributed by atoms with E-state index < -0.39 is 0 Å². The van der Waals surface area contributed by atoms with Crippen LogP contribution < -0.4 is 15.0 Å². The number of fused-ring (bicyclic) bond motifs is 1. The first kappa shape index (κ1) is 35.8. The number of benzene rings is 3. The summed E-state index contributed by atoms with van der Waals surface area (Å²) in [7, 11) is 2.16. The van der Waals surface area contributed by atoms with Crippen LogP contribution in [0.4, 0.5) is 11.4 Å². The van der Waals surface area contributed by atoms with E-state index in [2.05, 4.69) is 75.1 Å². The minimum atomic E-state index is -0.0687. The molecule has 7 rings (SSSR count). The lowest BCUT2D eigenvalue weighted by Crippen LogP contribution is -2.37. The Morgan fingerprint density at radius 1 is 1.02 bits per heavy atom. The molecule has 2 saturated heterocycles. The maximum Gasteiger partial charge on any atom is 0.251 e. The third-order valence-corrected chi connectivity index (χ3v) is 10.3. The Balaban J connectivity index is 0.000000794. The fourth-order valence-corrected chi connectivity index (χ4v) is 7.42. The van der Waals surface area contributed by atoms with Crippen LogP contribution in [0.2, 0.25) is 0 Å². The number of nitrogens with zero attached hydrogens (tertiary/aromatic N) is 3. The lowest BCUT2D eigenvalue weighted by molar-refractivity contribution is -0.112. The number of para-hydroxylation sites is 1. The predicted octanol–water partition coefficient (Wildman–Crippen LogP) is 8.36. The number of ether oxygens (including phenoxy) is 3. The van der Waals surface area contributed by atoms with Gasteiger partial charge in [0.05, 0.1) is 25.5 Å². The molecule has 1 aromatic heterocycles. The average Bonchev–Trinajstić information content (AvgIpc) is 3.83. The van der Waals surface area contributed by atoms with Crippen LogP contribution in [0.1, 0.15) is 60.7 Å². The van der Waals surface area contributed by atoms with Crippen LogP contribution in [0, 0.1) is 6.92 Å². The number of hydrogen-bond acceptors (Lipinski definition) is 8. The highest BCUT2D eigenvalue weighted by molar-refractivity contribution is 7.05. The number of carbonyl (C=O) groups is 1. The Kier molecular flexibility index (Phi) is 12.7. The van der Waals surface area contributed by atoms with Crippen molar-refractivity contribution in [3.63, 3.8) is 0 Å². The van der Waals surface area contributed by atoms with Crippen molar-refractivity contribution in [1.82, 2.24) is 9.27 Å². The largest absolute Gasteiger partial charge is 0.493 e. The summed E-state index contributed by atoms with van der Waals surface area (Å²) in [5, 5.41) is 3.17. The molecule has 50 heavy (non-hydrogen) atoms. The molecule has 0 aliphatic carbocycles. The van der Waals surface area contributed by atoms with E-state index in [9.17, 15) is 4.79 Å². The molecule has 1 N–H and O–H groups in total. The number of hydrogen-bond donors (Lipinski definition) is 1. The quantitative estimate of drug-likeness (QED) is 0.179. The molecule has 1 amide bonds. The normalized spacial score (nSPS) is 17.3. The fourth-order valence-electron chi connectivity index (χ4n) is 6.67. The summed E-state index contributed by atoms with van der Waals surface area (Å²) in [6, 6.07) is 25.4. The highest BCUT2D eigenvalue weighted by atomic mass is 32.1. The highest BCUT2D eigenvalue weighted by Gasteiger charge is 2.22. The van der Waals surface area contributed by atoms with Gasteiger partial charge in [0, 0.05) is 66.3 Å². The monoisotopic (exact) mass is 694 g/mol. The second-order valence-electron chi connectivity index (χ2n) is 13.2. The van der Waals surface area contributed by atoms with Crippen LogP contribution in [0.25, 0.3) is 17.2 Å². The summed E-state index contributed by atoms with van der Waals surface area (Å²) in [6.45, 7) is 10.6. The van der Waals surface area contributed by atoms with Gasteiger partial charge in [-0.2, -0.15) is 4.37 Å². The van der Waals surface area contributed by atoms with Crippen LogP contribution in [-0.2, 0) is 27.4 Å². The molecular formula is C41H50N4O4S. The molecule has 4 aromatic rings. The number of nitrogens with one attached hydrogen (secondary N) is 1. The molecule has 3 aliphatic heterocycles. The van der Waals surface area contributed by atoms with E-state index in [1.54, 1.807) is 0 Å². The third-order valence-electron chi connectivity index (χ3n) is 9.39. The van der Waals surface area contributed by atoms with Gasteiger partial charge in [-0.1, -0.05) is 36.4 Å². The molecule has 264 valence electrons. The lowest BCUT2D eigenvalue weighted by atomic mass is 9.99. The second-order valence-corrected chi connectivity index (χ2v) is 14.1. The molecule has 9 heteroatoms. The minimum absolute atomic E-state index is 0.0687. The Bertz CT molecular complexity index is 1720. The van der Waals surface area contributed by atoms with Crippen LogP contribution in [0.3, 0.4) is 0 Å². The molecule has 0 bridgehead atoms. The van der Waals surface area contributed by atoms with Gasteiger partial charge in [-0.05, 0) is 124 Å². The maximum atomic E-state index is 13.7. The van der Waals surface area contributed by atoms with E-state index in [1.165, 1.54) is 41.2 Å². The molecule has 0 radical (unpaired) electrons. The minimum Gasteiger partial charge on any atom is -0.493 e. The van der Waals surface area contributed by atoms with Gasteiger partial charge in [-0.3, -0.25) is 9.69 Å². The second kappa shape index (κ2) is 17.8. The summed E-state index contributed by atoms with van der Waals surface area (Å²) in [5.74, 6) is 0.787. The number of aryl methyl sites for hydroxylation is 1. The van der Waals surface area contributed by atoms with Gasteiger partial charge in [0.25, 0.3) is 5.91 Å². The SMILES string of the molecule is C1CCOC1.CCOc1ccccc1-c1ccc2c(c1)C=C(C(=O)Nc1ccc(CN(C)C3CCCOC3)cc1)CCN2Cc1cc(C)ns1. The summed E-state index contributed by atoms with van der Waals surface area (Å²) in [6.07, 6.45) is 7.54. The molecule has 2 fully saturated rings. The maximum absolute atomic E-state index is 13.7. The zero-order valence-corrected chi connectivity index (χ0v) is 30.5. The summed E-state index contributed by atoms with van der Waals surface area (Å²) in [4.78, 5) is 19.6. The van der Waals surface area contributed by atoms with Crippen molar-refractivity contribution >= 4 is 34.9 Å². The van der Waals surface area contributed by atoms with E-state index in [1.807, 2.05) is 44.2 Å². The van der Waals surface area contributed by atoms with E-state index in [0.29, 0.717) is 19.1 Å². The van der Waals surface area contributed by atoms with Crippen LogP contribution >= 0.6 is 11.5 Å². The van der Waals surface area contributed by atoms with Crippen molar-refractivity contribution < 1.29 is 19.0 Å². The van der Waals surface area contributed by atoms with E-state index in [-0.39, 0.29) is 5.91 Å². The standard InChI is InChI=1S/C37H42N4O3S.C4H8O/c1-4-44-36-10-6-5-9-34(36)28-13-16-35-30(21-28)22-29(17-18-41(35)24-33-20-26(2)39-45-33)37(42)38-31-14-11-27(12-15-31)23-40(3)32-8-7-19-43-25-32;1-2-4-5-3-1/h5-6,9-16,20-22,32H,4,7-8,17-19,23-25H2,1-3H3,(H,38,42);1-4H2. The Hall–Kier alpha value is -4.02. The van der Waals surface area contributed by atoms with Gasteiger partial charge in [0.1, 0.15) is 5.75 Å². The average molecular weight is 695 g/mol. The number of aromatic nitrogens is 1. The molecular weight excluding hydrogens is 645 g/mol. The summed E-state index contributed by atoms with van der Waals surface area (Å²) in [5.41, 5.74) is 8.04. The van der Waals surface area contributed by atoms with Crippen molar-refractivity contribution in [2.45, 2.75) is 65.1 Å². The van der Waals surface area contributed by atoms with Crippen LogP contribution in [0.15, 0.2) is 78.4 Å². The van der Waals surface area contributed by atoms with Gasteiger partial charge in [0.15, 0.2) is 0 Å². The Labute approximate surface area is 301 Å². The molecule has 0 spiro atoms. The molecule has 3 aromatic carbocycles. The third kappa shape index (κ3) is 9.60. The van der Waals surface area contributed by atoms with Crippen molar-refractivity contribution in [3.8, 4) is 16.9 Å². The zero-order chi connectivity index (χ0) is 34.7. The van der Waals surface area contributed by atoms with Crippen molar-refractivity contribution in [2.24, 2.45) is 0 Å². The molecule has 8 nitrogen and oxygen atoms in total. The zero-order valence-electron chi connectivity index (χ0n) is 29.7. The topological polar surface area (TPSA) is 76.2 Å². The Morgan fingerprint density at radius 2 is 1.82 bits per heavy atom. The number of amides is 1. The first-order valence-corrected chi connectivity index (χ1v) is 18.7. The van der Waals surface area contributed by atoms with Gasteiger partial charge in [0.2, 0.25) is 0 Å². The first-order valence-electron chi connectivity index (χ1n) is 18.0. The number of anilines is 2. The van der Waals surface area contributed by atoms with Crippen molar-refractivity contribution in [2.75, 3.05) is 56.8 Å². The summed E-state index contributed by atoms with van der Waals surface area (Å²) < 4.78 is 21.1. The van der Waals surface area contributed by atoms with Crippen LogP contribution in [0.5, 0.6) is 5.75 Å². The number of rotatable bonds is 10. The van der Waals surface area contributed by atoms with E-state index in [4.69, 9.17) is 14.2 Å². The molecule has 4 heterocycles. The number of carbonyl (C=O) groups excluding carboxylic acids is 1. The van der Waals surface area contributed by atoms with Crippen molar-refractivity contribution in [3.05, 3.63) is 100 Å². The lowest BCUT2D eigenvalue weighted by Gasteiger charge is -2.31. The molecule has 3 aliphatic rings. The molecule has 0 saturated carbocycles. The fraction of sp³-hybridized carbons (Fsp3) is 0.415. The van der Waals surface area contributed by atoms with E-state index >= 15 is 0 Å². The van der Waals surface area contributed by atoms with Gasteiger partial charge >= 0.3 is 0 Å². The predicted molar refractivity (Wildman–Crippen MR) is 204 cm³/mol. The number of likely N-dealkylation sites (N-methyl/N-ethyl adjacent to an activating group) is 1. The Morgan fingerprint density at radius 3 is 2.52 bits per heavy atom. The van der Waals surface area contributed by atoms with Gasteiger partial charge in [-0.25, -0.2) is 0 Å². The summed E-state index contributed by atoms with van der Waals surface area (Å²) >= 11 is 1.54. The smallest absolute Gasteiger partial charge is 0.251 e. The van der Waals surface area contributed by atoms with Crippen molar-refractivity contribution in [1.29, 1.82) is 0 Å². The highest BCUT2D eigenvalue weighted by Crippen LogP contribution is 2.37. The van der Waals surface area contributed by atoms with Gasteiger partial charge in [-0.15, -0.1) is 0 Å². The van der Waals surface area contributed by atoms with Crippen LogP contribution in [-0.4, -0.2) is 67.8 Å². The molecule has 1 atom stereocenters. The first-order chi connectivity index (χ1) is 24.5. The van der Waals surface area contributed by atoms with E-state index in [0.717, 1.165) is 97.6 Å². The molecule has 1 unspecified atom stereocenters.